The van der Waals surface area contributed by atoms with E-state index in [0.717, 1.165) is 25.5 Å². The Hall–Kier alpha value is -1.73. The quantitative estimate of drug-likeness (QED) is 0.517. The lowest BCUT2D eigenvalue weighted by atomic mass is 10.1. The summed E-state index contributed by atoms with van der Waals surface area (Å²) in [7, 11) is -3.31. The summed E-state index contributed by atoms with van der Waals surface area (Å²) in [5.74, 6) is -0.293. The number of hydrogen-bond donors (Lipinski definition) is 1. The number of unbranched alkanes of at least 4 members (excludes halogenated alkanes) is 2. The maximum Gasteiger partial charge on any atom is 0.225 e. The van der Waals surface area contributed by atoms with E-state index in [0.29, 0.717) is 17.8 Å². The van der Waals surface area contributed by atoms with Gasteiger partial charge in [0.15, 0.2) is 5.78 Å². The molecule has 0 radical (unpaired) electrons. The number of nitrogens with zero attached hydrogens (tertiary/aromatic N) is 1. The van der Waals surface area contributed by atoms with Crippen molar-refractivity contribution in [2.45, 2.75) is 39.5 Å². The zero-order chi connectivity index (χ0) is 18.2. The van der Waals surface area contributed by atoms with Crippen LogP contribution in [0.4, 0.5) is 5.69 Å². The molecule has 6 nitrogen and oxygen atoms in total. The minimum absolute atomic E-state index is 0.0382. The van der Waals surface area contributed by atoms with Crippen LogP contribution in [-0.4, -0.2) is 43.8 Å². The van der Waals surface area contributed by atoms with Gasteiger partial charge in [0.25, 0.3) is 0 Å². The van der Waals surface area contributed by atoms with Gasteiger partial charge in [0.05, 0.1) is 6.26 Å². The first-order chi connectivity index (χ1) is 11.2. The highest BCUT2D eigenvalue weighted by Gasteiger charge is 2.17. The Balaban J connectivity index is 2.54. The summed E-state index contributed by atoms with van der Waals surface area (Å²) in [4.78, 5) is 23.2. The standard InChI is InChI=1S/C17H26N2O4S/c1-4-5-6-12-19(24(3,22)23)13-11-17(21)18-16-9-7-15(8-10-16)14(2)20/h7-10H,4-6,11-13H2,1-3H3,(H,18,21). The molecular formula is C17H26N2O4S. The first-order valence-electron chi connectivity index (χ1n) is 8.10. The predicted molar refractivity (Wildman–Crippen MR) is 95.6 cm³/mol. The topological polar surface area (TPSA) is 83.6 Å². The number of anilines is 1. The normalized spacial score (nSPS) is 11.5. The minimum atomic E-state index is -3.31. The lowest BCUT2D eigenvalue weighted by molar-refractivity contribution is -0.116. The average Bonchev–Trinajstić information content (AvgIpc) is 2.50. The number of benzene rings is 1. The molecule has 0 atom stereocenters. The van der Waals surface area contributed by atoms with E-state index in [1.807, 2.05) is 0 Å². The van der Waals surface area contributed by atoms with Crippen LogP contribution in [0, 0.1) is 0 Å². The summed E-state index contributed by atoms with van der Waals surface area (Å²) in [6.07, 6.45) is 4.01. The molecule has 1 aromatic rings. The third-order valence-electron chi connectivity index (χ3n) is 3.64. The van der Waals surface area contributed by atoms with Crippen LogP contribution in [0.2, 0.25) is 0 Å². The van der Waals surface area contributed by atoms with E-state index >= 15 is 0 Å². The molecule has 0 saturated heterocycles. The highest BCUT2D eigenvalue weighted by Crippen LogP contribution is 2.11. The number of nitrogens with one attached hydrogen (secondary N) is 1. The van der Waals surface area contributed by atoms with E-state index in [1.165, 1.54) is 11.2 Å². The van der Waals surface area contributed by atoms with Crippen molar-refractivity contribution >= 4 is 27.4 Å². The molecule has 1 aromatic carbocycles. The Morgan fingerprint density at radius 2 is 1.71 bits per heavy atom. The zero-order valence-electron chi connectivity index (χ0n) is 14.5. The first-order valence-corrected chi connectivity index (χ1v) is 9.95. The van der Waals surface area contributed by atoms with Crippen molar-refractivity contribution < 1.29 is 18.0 Å². The molecule has 24 heavy (non-hydrogen) atoms. The molecule has 0 spiro atoms. The number of amides is 1. The van der Waals surface area contributed by atoms with Crippen LogP contribution >= 0.6 is 0 Å². The lowest BCUT2D eigenvalue weighted by Crippen LogP contribution is -2.33. The highest BCUT2D eigenvalue weighted by atomic mass is 32.2. The van der Waals surface area contributed by atoms with Crippen molar-refractivity contribution in [2.24, 2.45) is 0 Å². The Morgan fingerprint density at radius 1 is 1.08 bits per heavy atom. The molecule has 0 aromatic heterocycles. The van der Waals surface area contributed by atoms with Gasteiger partial charge in [-0.2, -0.15) is 0 Å². The number of rotatable bonds is 10. The van der Waals surface area contributed by atoms with Gasteiger partial charge < -0.3 is 5.32 Å². The molecule has 0 saturated carbocycles. The molecule has 1 amide bonds. The molecule has 0 heterocycles. The second-order valence-corrected chi connectivity index (χ2v) is 7.78. The summed E-state index contributed by atoms with van der Waals surface area (Å²) in [5, 5.41) is 2.71. The third-order valence-corrected chi connectivity index (χ3v) is 4.95. The largest absolute Gasteiger partial charge is 0.326 e. The van der Waals surface area contributed by atoms with Crippen molar-refractivity contribution in [3.05, 3.63) is 29.8 Å². The number of ketones is 1. The van der Waals surface area contributed by atoms with Crippen LogP contribution in [0.5, 0.6) is 0 Å². The first kappa shape index (κ1) is 20.3. The minimum Gasteiger partial charge on any atom is -0.326 e. The number of hydrogen-bond acceptors (Lipinski definition) is 4. The monoisotopic (exact) mass is 354 g/mol. The molecular weight excluding hydrogens is 328 g/mol. The van der Waals surface area contributed by atoms with E-state index < -0.39 is 10.0 Å². The summed E-state index contributed by atoms with van der Waals surface area (Å²) in [6, 6.07) is 6.60. The Labute approximate surface area is 144 Å². The van der Waals surface area contributed by atoms with Gasteiger partial charge in [-0.25, -0.2) is 12.7 Å². The molecule has 134 valence electrons. The van der Waals surface area contributed by atoms with Crippen molar-refractivity contribution in [1.82, 2.24) is 4.31 Å². The van der Waals surface area contributed by atoms with Gasteiger partial charge in [0.1, 0.15) is 0 Å². The van der Waals surface area contributed by atoms with Crippen LogP contribution in [0.1, 0.15) is 49.9 Å². The SMILES string of the molecule is CCCCCN(CCC(=O)Nc1ccc(C(C)=O)cc1)S(C)(=O)=O. The number of carbonyl (C=O) groups excluding carboxylic acids is 2. The third kappa shape index (κ3) is 7.23. The van der Waals surface area contributed by atoms with Crippen molar-refractivity contribution in [1.29, 1.82) is 0 Å². The second-order valence-electron chi connectivity index (χ2n) is 5.80. The number of sulfonamides is 1. The van der Waals surface area contributed by atoms with Gasteiger partial charge in [-0.15, -0.1) is 0 Å². The van der Waals surface area contributed by atoms with E-state index in [1.54, 1.807) is 24.3 Å². The molecule has 0 unspecified atom stereocenters. The van der Waals surface area contributed by atoms with Crippen LogP contribution in [0.3, 0.4) is 0 Å². The summed E-state index contributed by atoms with van der Waals surface area (Å²) in [6.45, 7) is 4.13. The van der Waals surface area contributed by atoms with Crippen LogP contribution in [0.25, 0.3) is 0 Å². The summed E-state index contributed by atoms with van der Waals surface area (Å²) in [5.41, 5.74) is 1.16. The smallest absolute Gasteiger partial charge is 0.225 e. The Morgan fingerprint density at radius 3 is 2.21 bits per heavy atom. The second kappa shape index (κ2) is 9.54. The van der Waals surface area contributed by atoms with Gasteiger partial charge in [0, 0.05) is 30.8 Å². The molecule has 0 aliphatic carbocycles. The fraction of sp³-hybridized carbons (Fsp3) is 0.529. The molecule has 0 fully saturated rings. The van der Waals surface area contributed by atoms with E-state index in [9.17, 15) is 18.0 Å². The van der Waals surface area contributed by atoms with Gasteiger partial charge in [-0.1, -0.05) is 19.8 Å². The Kier molecular flexibility index (Phi) is 8.07. The Bertz CT molecular complexity index is 654. The zero-order valence-corrected chi connectivity index (χ0v) is 15.4. The van der Waals surface area contributed by atoms with Gasteiger partial charge in [0.2, 0.25) is 15.9 Å². The molecule has 0 bridgehead atoms. The number of carbonyl (C=O) groups is 2. The molecule has 0 aliphatic heterocycles. The average molecular weight is 354 g/mol. The summed E-state index contributed by atoms with van der Waals surface area (Å²) < 4.78 is 24.9. The van der Waals surface area contributed by atoms with Crippen LogP contribution < -0.4 is 5.32 Å². The molecule has 1 rings (SSSR count). The number of Topliss-reactive ketones (excluding diaryl/α,β-unsaturated/α-hetero) is 1. The highest BCUT2D eigenvalue weighted by molar-refractivity contribution is 7.88. The fourth-order valence-electron chi connectivity index (χ4n) is 2.22. The molecule has 0 aliphatic rings. The van der Waals surface area contributed by atoms with E-state index in [-0.39, 0.29) is 24.7 Å². The lowest BCUT2D eigenvalue weighted by Gasteiger charge is -2.19. The summed E-state index contributed by atoms with van der Waals surface area (Å²) >= 11 is 0. The maximum atomic E-state index is 12.0. The maximum absolute atomic E-state index is 12.0. The van der Waals surface area contributed by atoms with Crippen LogP contribution in [-0.2, 0) is 14.8 Å². The van der Waals surface area contributed by atoms with E-state index in [2.05, 4.69) is 12.2 Å². The predicted octanol–water partition coefficient (Wildman–Crippen LogP) is 2.67. The fourth-order valence-corrected chi connectivity index (χ4v) is 3.10. The van der Waals surface area contributed by atoms with Crippen molar-refractivity contribution in [3.8, 4) is 0 Å². The van der Waals surface area contributed by atoms with Gasteiger partial charge >= 0.3 is 0 Å². The van der Waals surface area contributed by atoms with Gasteiger partial charge in [-0.05, 0) is 37.6 Å². The van der Waals surface area contributed by atoms with E-state index in [4.69, 9.17) is 0 Å². The molecule has 1 N–H and O–H groups in total. The van der Waals surface area contributed by atoms with Crippen LogP contribution in [0.15, 0.2) is 24.3 Å². The molecule has 7 heteroatoms. The van der Waals surface area contributed by atoms with Gasteiger partial charge in [-0.3, -0.25) is 9.59 Å². The van der Waals surface area contributed by atoms with Crippen molar-refractivity contribution in [3.63, 3.8) is 0 Å². The van der Waals surface area contributed by atoms with Crippen molar-refractivity contribution in [2.75, 3.05) is 24.7 Å².